The Morgan fingerprint density at radius 2 is 2.14 bits per heavy atom. The average molecular weight is 314 g/mol. The summed E-state index contributed by atoms with van der Waals surface area (Å²) in [5.74, 6) is 0.157. The summed E-state index contributed by atoms with van der Waals surface area (Å²) in [6.45, 7) is 2.24. The maximum absolute atomic E-state index is 13.7. The molecule has 0 unspecified atom stereocenters. The Hall–Kier alpha value is -1.13. The van der Waals surface area contributed by atoms with Crippen LogP contribution >= 0.6 is 11.6 Å². The van der Waals surface area contributed by atoms with E-state index in [-0.39, 0.29) is 12.3 Å². The van der Waals surface area contributed by atoms with Crippen LogP contribution in [-0.4, -0.2) is 37.6 Å². The van der Waals surface area contributed by atoms with Crippen LogP contribution in [0, 0.1) is 11.7 Å². The molecule has 0 aliphatic carbocycles. The number of nitrogens with zero attached hydrogens (tertiary/aromatic N) is 1. The van der Waals surface area contributed by atoms with Gasteiger partial charge in [0.15, 0.2) is 0 Å². The molecule has 1 aromatic rings. The standard InChI is InChI=1S/C16H21ClFNO2/c1-21-10-7-12-5-8-19(9-6-12)16(20)11-13-14(17)3-2-4-15(13)18/h2-4,12H,5-11H2,1H3. The number of hydrogen-bond donors (Lipinski definition) is 0. The van der Waals surface area contributed by atoms with E-state index in [1.807, 2.05) is 4.90 Å². The summed E-state index contributed by atoms with van der Waals surface area (Å²) in [6, 6.07) is 4.50. The van der Waals surface area contributed by atoms with Crippen molar-refractivity contribution < 1.29 is 13.9 Å². The topological polar surface area (TPSA) is 29.5 Å². The van der Waals surface area contributed by atoms with E-state index in [1.54, 1.807) is 19.2 Å². The normalized spacial score (nSPS) is 16.2. The lowest BCUT2D eigenvalue weighted by molar-refractivity contribution is -0.131. The number of carbonyl (C=O) groups is 1. The van der Waals surface area contributed by atoms with Gasteiger partial charge in [0.25, 0.3) is 0 Å². The molecule has 5 heteroatoms. The maximum Gasteiger partial charge on any atom is 0.227 e. The highest BCUT2D eigenvalue weighted by atomic mass is 35.5. The molecule has 0 saturated carbocycles. The van der Waals surface area contributed by atoms with Gasteiger partial charge in [-0.15, -0.1) is 0 Å². The third-order valence-corrected chi connectivity index (χ3v) is 4.44. The van der Waals surface area contributed by atoms with Gasteiger partial charge < -0.3 is 9.64 Å². The zero-order chi connectivity index (χ0) is 15.2. The van der Waals surface area contributed by atoms with E-state index >= 15 is 0 Å². The zero-order valence-corrected chi connectivity index (χ0v) is 13.0. The van der Waals surface area contributed by atoms with Crippen molar-refractivity contribution in [2.45, 2.75) is 25.7 Å². The van der Waals surface area contributed by atoms with Crippen LogP contribution in [0.2, 0.25) is 5.02 Å². The first-order valence-corrected chi connectivity index (χ1v) is 7.69. The van der Waals surface area contributed by atoms with Gasteiger partial charge >= 0.3 is 0 Å². The predicted octanol–water partition coefficient (Wildman–Crippen LogP) is 3.30. The minimum absolute atomic E-state index is 0.0360. The van der Waals surface area contributed by atoms with Crippen LogP contribution in [0.5, 0.6) is 0 Å². The number of amides is 1. The SMILES string of the molecule is COCCC1CCN(C(=O)Cc2c(F)cccc2Cl)CC1. The third-order valence-electron chi connectivity index (χ3n) is 4.09. The average Bonchev–Trinajstić information content (AvgIpc) is 2.49. The van der Waals surface area contributed by atoms with Gasteiger partial charge in [0, 0.05) is 37.4 Å². The van der Waals surface area contributed by atoms with Crippen molar-refractivity contribution in [3.63, 3.8) is 0 Å². The molecular weight excluding hydrogens is 293 g/mol. The lowest BCUT2D eigenvalue weighted by atomic mass is 9.93. The van der Waals surface area contributed by atoms with Gasteiger partial charge in [0.05, 0.1) is 6.42 Å². The quantitative estimate of drug-likeness (QED) is 0.835. The molecule has 1 amide bonds. The first-order chi connectivity index (χ1) is 10.1. The van der Waals surface area contributed by atoms with E-state index in [4.69, 9.17) is 16.3 Å². The summed E-state index contributed by atoms with van der Waals surface area (Å²) in [4.78, 5) is 14.1. The van der Waals surface area contributed by atoms with E-state index in [1.165, 1.54) is 6.07 Å². The molecule has 0 atom stereocenters. The molecule has 1 fully saturated rings. The van der Waals surface area contributed by atoms with Crippen molar-refractivity contribution in [3.8, 4) is 0 Å². The number of likely N-dealkylation sites (tertiary alicyclic amines) is 1. The Balaban J connectivity index is 1.88. The van der Waals surface area contributed by atoms with Crippen molar-refractivity contribution in [2.75, 3.05) is 26.8 Å². The highest BCUT2D eigenvalue weighted by Gasteiger charge is 2.23. The number of hydrogen-bond acceptors (Lipinski definition) is 2. The minimum Gasteiger partial charge on any atom is -0.385 e. The molecule has 0 N–H and O–H groups in total. The summed E-state index contributed by atoms with van der Waals surface area (Å²) in [5, 5.41) is 0.318. The van der Waals surface area contributed by atoms with E-state index in [2.05, 4.69) is 0 Å². The van der Waals surface area contributed by atoms with E-state index < -0.39 is 5.82 Å². The van der Waals surface area contributed by atoms with Gasteiger partial charge in [0.2, 0.25) is 5.91 Å². The molecule has 0 bridgehead atoms. The number of methoxy groups -OCH3 is 1. The van der Waals surface area contributed by atoms with Crippen molar-refractivity contribution in [3.05, 3.63) is 34.6 Å². The predicted molar refractivity (Wildman–Crippen MR) is 80.9 cm³/mol. The van der Waals surface area contributed by atoms with Gasteiger partial charge in [-0.1, -0.05) is 17.7 Å². The van der Waals surface area contributed by atoms with Gasteiger partial charge in [-0.2, -0.15) is 0 Å². The Kier molecular flexibility index (Phi) is 6.00. The Labute approximate surface area is 130 Å². The molecule has 1 aliphatic rings. The number of carbonyl (C=O) groups excluding carboxylic acids is 1. The zero-order valence-electron chi connectivity index (χ0n) is 12.3. The highest BCUT2D eigenvalue weighted by molar-refractivity contribution is 6.31. The lowest BCUT2D eigenvalue weighted by Gasteiger charge is -2.32. The molecule has 1 heterocycles. The van der Waals surface area contributed by atoms with Crippen LogP contribution < -0.4 is 0 Å². The summed E-state index contributed by atoms with van der Waals surface area (Å²) in [7, 11) is 1.71. The van der Waals surface area contributed by atoms with Gasteiger partial charge in [-0.25, -0.2) is 4.39 Å². The highest BCUT2D eigenvalue weighted by Crippen LogP contribution is 2.23. The fraction of sp³-hybridized carbons (Fsp3) is 0.562. The Morgan fingerprint density at radius 3 is 2.76 bits per heavy atom. The molecule has 116 valence electrons. The molecule has 3 nitrogen and oxygen atoms in total. The first kappa shape index (κ1) is 16.2. The Bertz CT molecular complexity index is 467. The van der Waals surface area contributed by atoms with E-state index in [9.17, 15) is 9.18 Å². The number of rotatable bonds is 5. The number of halogens is 2. The lowest BCUT2D eigenvalue weighted by Crippen LogP contribution is -2.39. The monoisotopic (exact) mass is 313 g/mol. The number of ether oxygens (including phenoxy) is 1. The molecule has 0 aromatic heterocycles. The van der Waals surface area contributed by atoms with Crippen LogP contribution in [0.4, 0.5) is 4.39 Å². The fourth-order valence-corrected chi connectivity index (χ4v) is 2.95. The van der Waals surface area contributed by atoms with Gasteiger partial charge in [-0.3, -0.25) is 4.79 Å². The fourth-order valence-electron chi connectivity index (χ4n) is 2.72. The van der Waals surface area contributed by atoms with Crippen molar-refractivity contribution in [1.82, 2.24) is 4.90 Å². The summed E-state index contributed by atoms with van der Waals surface area (Å²) < 4.78 is 18.8. The molecule has 1 aliphatic heterocycles. The van der Waals surface area contributed by atoms with Crippen LogP contribution in [-0.2, 0) is 16.0 Å². The van der Waals surface area contributed by atoms with Crippen molar-refractivity contribution in [1.29, 1.82) is 0 Å². The van der Waals surface area contributed by atoms with Crippen LogP contribution in [0.25, 0.3) is 0 Å². The smallest absolute Gasteiger partial charge is 0.227 e. The van der Waals surface area contributed by atoms with Crippen LogP contribution in [0.1, 0.15) is 24.8 Å². The first-order valence-electron chi connectivity index (χ1n) is 7.31. The third kappa shape index (κ3) is 4.42. The second-order valence-electron chi connectivity index (χ2n) is 5.48. The maximum atomic E-state index is 13.7. The largest absolute Gasteiger partial charge is 0.385 e. The summed E-state index contributed by atoms with van der Waals surface area (Å²) in [5.41, 5.74) is 0.297. The van der Waals surface area contributed by atoms with Crippen LogP contribution in [0.3, 0.4) is 0 Å². The van der Waals surface area contributed by atoms with Crippen molar-refractivity contribution >= 4 is 17.5 Å². The van der Waals surface area contributed by atoms with Crippen molar-refractivity contribution in [2.24, 2.45) is 5.92 Å². The molecule has 1 aromatic carbocycles. The molecule has 1 saturated heterocycles. The van der Waals surface area contributed by atoms with E-state index in [0.29, 0.717) is 16.5 Å². The molecule has 0 spiro atoms. The Morgan fingerprint density at radius 1 is 1.43 bits per heavy atom. The molecule has 2 rings (SSSR count). The summed E-state index contributed by atoms with van der Waals surface area (Å²) >= 11 is 5.97. The van der Waals surface area contributed by atoms with Gasteiger partial charge in [-0.05, 0) is 37.3 Å². The van der Waals surface area contributed by atoms with Gasteiger partial charge in [0.1, 0.15) is 5.82 Å². The number of piperidine rings is 1. The second kappa shape index (κ2) is 7.76. The van der Waals surface area contributed by atoms with Crippen LogP contribution in [0.15, 0.2) is 18.2 Å². The minimum atomic E-state index is -0.411. The summed E-state index contributed by atoms with van der Waals surface area (Å²) in [6.07, 6.45) is 3.05. The second-order valence-corrected chi connectivity index (χ2v) is 5.89. The van der Waals surface area contributed by atoms with E-state index in [0.717, 1.165) is 39.0 Å². The molecule has 21 heavy (non-hydrogen) atoms. The molecule has 0 radical (unpaired) electrons. The molecular formula is C16H21ClFNO2. The number of benzene rings is 1.